The van der Waals surface area contributed by atoms with Crippen LogP contribution < -0.4 is 10.5 Å². The third-order valence-electron chi connectivity index (χ3n) is 4.17. The predicted molar refractivity (Wildman–Crippen MR) is 87.5 cm³/mol. The largest absolute Gasteiger partial charge is 0.434 e. The molecule has 1 aliphatic heterocycles. The van der Waals surface area contributed by atoms with Crippen molar-refractivity contribution in [1.82, 2.24) is 4.90 Å². The lowest BCUT2D eigenvalue weighted by Gasteiger charge is -2.22. The van der Waals surface area contributed by atoms with Gasteiger partial charge in [-0.15, -0.1) is 12.4 Å². The smallest absolute Gasteiger partial charge is 0.387 e. The average Bonchev–Trinajstić information content (AvgIpc) is 2.82. The zero-order valence-electron chi connectivity index (χ0n) is 13.5. The molecule has 1 aromatic rings. The second-order valence-corrected chi connectivity index (χ2v) is 5.96. The standard InChI is InChI=1S/C16H22F2N2O2.ClH/c1-9-4-13(5-10(2)14(9)22-16(17)18)15(21)20-8-12(7-19)6-11(20)3;/h4-5,11-12,16H,6-8,19H2,1-3H3;1H. The summed E-state index contributed by atoms with van der Waals surface area (Å²) in [6, 6.07) is 3.35. The van der Waals surface area contributed by atoms with Gasteiger partial charge < -0.3 is 15.4 Å². The molecule has 4 nitrogen and oxygen atoms in total. The van der Waals surface area contributed by atoms with Gasteiger partial charge in [-0.05, 0) is 62.9 Å². The van der Waals surface area contributed by atoms with Crippen LogP contribution in [0.5, 0.6) is 5.75 Å². The molecule has 2 atom stereocenters. The number of carbonyl (C=O) groups excluding carboxylic acids is 1. The van der Waals surface area contributed by atoms with Crippen molar-refractivity contribution in [1.29, 1.82) is 0 Å². The van der Waals surface area contributed by atoms with Gasteiger partial charge in [-0.2, -0.15) is 8.78 Å². The van der Waals surface area contributed by atoms with Gasteiger partial charge in [-0.3, -0.25) is 4.79 Å². The lowest BCUT2D eigenvalue weighted by atomic mass is 10.0. The lowest BCUT2D eigenvalue weighted by Crippen LogP contribution is -2.34. The number of amides is 1. The van der Waals surface area contributed by atoms with Crippen molar-refractivity contribution in [2.45, 2.75) is 39.8 Å². The number of alkyl halides is 2. The first-order chi connectivity index (χ1) is 10.3. The Morgan fingerprint density at radius 2 is 1.96 bits per heavy atom. The highest BCUT2D eigenvalue weighted by Crippen LogP contribution is 2.29. The lowest BCUT2D eigenvalue weighted by molar-refractivity contribution is -0.0507. The number of benzene rings is 1. The topological polar surface area (TPSA) is 55.6 Å². The van der Waals surface area contributed by atoms with E-state index in [0.717, 1.165) is 6.42 Å². The molecule has 0 bridgehead atoms. The monoisotopic (exact) mass is 348 g/mol. The number of hydrogen-bond donors (Lipinski definition) is 1. The summed E-state index contributed by atoms with van der Waals surface area (Å²) in [4.78, 5) is 14.5. The first-order valence-corrected chi connectivity index (χ1v) is 7.40. The van der Waals surface area contributed by atoms with Crippen molar-refractivity contribution in [2.75, 3.05) is 13.1 Å². The summed E-state index contributed by atoms with van der Waals surface area (Å²) < 4.78 is 29.3. The fraction of sp³-hybridized carbons (Fsp3) is 0.562. The molecule has 0 spiro atoms. The Morgan fingerprint density at radius 3 is 2.39 bits per heavy atom. The molecule has 2 unspecified atom stereocenters. The van der Waals surface area contributed by atoms with Crippen LogP contribution in [0.4, 0.5) is 8.78 Å². The molecule has 1 fully saturated rings. The molecular formula is C16H23ClF2N2O2. The first kappa shape index (κ1) is 19.6. The summed E-state index contributed by atoms with van der Waals surface area (Å²) in [5.74, 6) is 0.377. The zero-order valence-corrected chi connectivity index (χ0v) is 14.3. The highest BCUT2D eigenvalue weighted by atomic mass is 35.5. The van der Waals surface area contributed by atoms with E-state index < -0.39 is 6.61 Å². The van der Waals surface area contributed by atoms with Gasteiger partial charge in [-0.25, -0.2) is 0 Å². The number of likely N-dealkylation sites (tertiary alicyclic amines) is 1. The highest BCUT2D eigenvalue weighted by molar-refractivity contribution is 5.95. The molecular weight excluding hydrogens is 326 g/mol. The molecule has 1 aromatic carbocycles. The number of ether oxygens (including phenoxy) is 1. The Labute approximate surface area is 141 Å². The molecule has 1 amide bonds. The summed E-state index contributed by atoms with van der Waals surface area (Å²) >= 11 is 0. The van der Waals surface area contributed by atoms with Gasteiger partial charge in [0.2, 0.25) is 0 Å². The molecule has 0 aromatic heterocycles. The number of carbonyl (C=O) groups is 1. The van der Waals surface area contributed by atoms with Crippen LogP contribution in [0.15, 0.2) is 12.1 Å². The molecule has 0 aliphatic carbocycles. The second kappa shape index (κ2) is 7.93. The molecule has 7 heteroatoms. The number of nitrogens with zero attached hydrogens (tertiary/aromatic N) is 1. The van der Waals surface area contributed by atoms with Gasteiger partial charge in [0.25, 0.3) is 5.91 Å². The Balaban J connectivity index is 0.00000264. The van der Waals surface area contributed by atoms with Crippen LogP contribution in [-0.2, 0) is 0 Å². The summed E-state index contributed by atoms with van der Waals surface area (Å²) in [7, 11) is 0. The van der Waals surface area contributed by atoms with E-state index >= 15 is 0 Å². The van der Waals surface area contributed by atoms with E-state index in [2.05, 4.69) is 4.74 Å². The van der Waals surface area contributed by atoms with Crippen molar-refractivity contribution in [3.8, 4) is 5.75 Å². The molecule has 1 heterocycles. The Morgan fingerprint density at radius 1 is 1.39 bits per heavy atom. The Bertz CT molecular complexity index is 546. The minimum Gasteiger partial charge on any atom is -0.434 e. The maximum absolute atomic E-state index is 12.7. The first-order valence-electron chi connectivity index (χ1n) is 7.40. The molecule has 1 aliphatic rings. The quantitative estimate of drug-likeness (QED) is 0.909. The van der Waals surface area contributed by atoms with E-state index in [1.54, 1.807) is 30.9 Å². The summed E-state index contributed by atoms with van der Waals surface area (Å²) in [6.45, 7) is 3.66. The SMILES string of the molecule is Cc1cc(C(=O)N2CC(CN)CC2C)cc(C)c1OC(F)F.Cl. The predicted octanol–water partition coefficient (Wildman–Crippen LogP) is 3.14. The van der Waals surface area contributed by atoms with E-state index in [1.165, 1.54) is 0 Å². The van der Waals surface area contributed by atoms with E-state index in [9.17, 15) is 13.6 Å². The van der Waals surface area contributed by atoms with Crippen molar-refractivity contribution < 1.29 is 18.3 Å². The van der Waals surface area contributed by atoms with Gasteiger partial charge in [0.15, 0.2) is 0 Å². The minimum absolute atomic E-state index is 0. The summed E-state index contributed by atoms with van der Waals surface area (Å²) in [6.07, 6.45) is 0.896. The molecule has 23 heavy (non-hydrogen) atoms. The number of aryl methyl sites for hydroxylation is 2. The molecule has 0 radical (unpaired) electrons. The number of rotatable bonds is 4. The number of hydrogen-bond acceptors (Lipinski definition) is 3. The van der Waals surface area contributed by atoms with Crippen molar-refractivity contribution >= 4 is 18.3 Å². The normalized spacial score (nSPS) is 20.6. The Hall–Kier alpha value is -1.40. The van der Waals surface area contributed by atoms with Gasteiger partial charge >= 0.3 is 6.61 Å². The summed E-state index contributed by atoms with van der Waals surface area (Å²) in [5, 5.41) is 0. The van der Waals surface area contributed by atoms with E-state index in [1.807, 2.05) is 6.92 Å². The zero-order chi connectivity index (χ0) is 16.4. The molecule has 0 saturated carbocycles. The third kappa shape index (κ3) is 4.32. The number of halogens is 3. The van der Waals surface area contributed by atoms with Crippen LogP contribution in [0.3, 0.4) is 0 Å². The van der Waals surface area contributed by atoms with Crippen molar-refractivity contribution in [3.05, 3.63) is 28.8 Å². The molecule has 1 saturated heterocycles. The molecule has 130 valence electrons. The van der Waals surface area contributed by atoms with E-state index in [4.69, 9.17) is 5.73 Å². The van der Waals surface area contributed by atoms with Crippen LogP contribution >= 0.6 is 12.4 Å². The van der Waals surface area contributed by atoms with Gasteiger partial charge in [0, 0.05) is 18.2 Å². The van der Waals surface area contributed by atoms with E-state index in [0.29, 0.717) is 35.7 Å². The van der Waals surface area contributed by atoms with Crippen molar-refractivity contribution in [3.63, 3.8) is 0 Å². The minimum atomic E-state index is -2.87. The fourth-order valence-electron chi connectivity index (χ4n) is 3.11. The van der Waals surface area contributed by atoms with E-state index in [-0.39, 0.29) is 30.1 Å². The van der Waals surface area contributed by atoms with Crippen molar-refractivity contribution in [2.24, 2.45) is 11.7 Å². The van der Waals surface area contributed by atoms with Gasteiger partial charge in [0.1, 0.15) is 5.75 Å². The van der Waals surface area contributed by atoms with Crippen LogP contribution in [0, 0.1) is 19.8 Å². The maximum atomic E-state index is 12.7. The van der Waals surface area contributed by atoms with Crippen LogP contribution in [0.2, 0.25) is 0 Å². The highest BCUT2D eigenvalue weighted by Gasteiger charge is 2.32. The van der Waals surface area contributed by atoms with Gasteiger partial charge in [0.05, 0.1) is 0 Å². The van der Waals surface area contributed by atoms with Gasteiger partial charge in [-0.1, -0.05) is 0 Å². The average molecular weight is 349 g/mol. The molecule has 2 N–H and O–H groups in total. The summed E-state index contributed by atoms with van der Waals surface area (Å²) in [5.41, 5.74) is 7.25. The number of nitrogens with two attached hydrogens (primary N) is 1. The fourth-order valence-corrected chi connectivity index (χ4v) is 3.11. The molecule has 2 rings (SSSR count). The second-order valence-electron chi connectivity index (χ2n) is 5.96. The Kier molecular flexibility index (Phi) is 6.77. The maximum Gasteiger partial charge on any atom is 0.387 e. The van der Waals surface area contributed by atoms with Crippen LogP contribution in [0.1, 0.15) is 34.8 Å². The van der Waals surface area contributed by atoms with Crippen LogP contribution in [0.25, 0.3) is 0 Å². The van der Waals surface area contributed by atoms with Crippen LogP contribution in [-0.4, -0.2) is 36.5 Å². The third-order valence-corrected chi connectivity index (χ3v) is 4.17.